The van der Waals surface area contributed by atoms with E-state index in [1.807, 2.05) is 13.8 Å². The summed E-state index contributed by atoms with van der Waals surface area (Å²) in [4.78, 5) is 0. The lowest BCUT2D eigenvalue weighted by atomic mass is 10.2. The van der Waals surface area contributed by atoms with Crippen molar-refractivity contribution in [2.24, 2.45) is 0 Å². The molecule has 0 bridgehead atoms. The van der Waals surface area contributed by atoms with Crippen LogP contribution in [-0.4, -0.2) is 5.16 Å². The van der Waals surface area contributed by atoms with Crippen LogP contribution in [0.3, 0.4) is 0 Å². The molecule has 1 aromatic heterocycles. The number of aryl methyl sites for hydroxylation is 2. The van der Waals surface area contributed by atoms with Gasteiger partial charge in [-0.15, -0.1) is 0 Å². The Bertz CT molecular complexity index is 514. The average Bonchev–Trinajstić information content (AvgIpc) is 2.59. The van der Waals surface area contributed by atoms with Gasteiger partial charge in [0.2, 0.25) is 0 Å². The molecule has 1 aromatic carbocycles. The summed E-state index contributed by atoms with van der Waals surface area (Å²) in [6, 6.07) is 4.50. The molecular weight excluding hydrogens is 255 g/mol. The van der Waals surface area contributed by atoms with E-state index in [0.29, 0.717) is 18.1 Å². The fraction of sp³-hybridized carbons (Fsp3) is 0.308. The number of nitrogens with one attached hydrogen (secondary N) is 1. The van der Waals surface area contributed by atoms with Crippen LogP contribution >= 0.6 is 11.6 Å². The summed E-state index contributed by atoms with van der Waals surface area (Å²) < 4.78 is 18.2. The Hall–Kier alpha value is -1.39. The predicted octanol–water partition coefficient (Wildman–Crippen LogP) is 3.37. The molecule has 5 heteroatoms. The highest BCUT2D eigenvalue weighted by molar-refractivity contribution is 6.30. The Labute approximate surface area is 110 Å². The van der Waals surface area contributed by atoms with Crippen molar-refractivity contribution >= 4 is 11.6 Å². The molecular formula is C13H14ClFN2O. The summed E-state index contributed by atoms with van der Waals surface area (Å²) in [6.45, 7) is 4.94. The van der Waals surface area contributed by atoms with Crippen molar-refractivity contribution in [3.8, 4) is 0 Å². The third-order valence-corrected chi connectivity index (χ3v) is 2.95. The minimum atomic E-state index is -0.323. The van der Waals surface area contributed by atoms with Gasteiger partial charge in [-0.25, -0.2) is 4.39 Å². The van der Waals surface area contributed by atoms with Crippen LogP contribution in [0.25, 0.3) is 0 Å². The minimum absolute atomic E-state index is 0.323. The monoisotopic (exact) mass is 268 g/mol. The van der Waals surface area contributed by atoms with Crippen LogP contribution in [0.4, 0.5) is 4.39 Å². The fourth-order valence-electron chi connectivity index (χ4n) is 1.80. The van der Waals surface area contributed by atoms with Crippen molar-refractivity contribution in [2.75, 3.05) is 0 Å². The van der Waals surface area contributed by atoms with Crippen molar-refractivity contribution in [2.45, 2.75) is 26.9 Å². The molecule has 0 unspecified atom stereocenters. The van der Waals surface area contributed by atoms with Gasteiger partial charge < -0.3 is 9.84 Å². The van der Waals surface area contributed by atoms with Gasteiger partial charge in [-0.3, -0.25) is 0 Å². The van der Waals surface area contributed by atoms with Gasteiger partial charge in [0.05, 0.1) is 5.69 Å². The third kappa shape index (κ3) is 3.09. The molecule has 0 amide bonds. The van der Waals surface area contributed by atoms with E-state index in [0.717, 1.165) is 22.6 Å². The number of benzene rings is 1. The Morgan fingerprint density at radius 3 is 2.67 bits per heavy atom. The molecule has 0 aliphatic rings. The maximum atomic E-state index is 13.1. The van der Waals surface area contributed by atoms with Crippen LogP contribution in [0.15, 0.2) is 22.7 Å². The van der Waals surface area contributed by atoms with Gasteiger partial charge in [0.15, 0.2) is 0 Å². The standard InChI is InChI=1S/C13H14ClFN2O/c1-8-13(9(2)18-17-8)7-16-6-10-3-11(14)5-12(15)4-10/h3-5,16H,6-7H2,1-2H3. The summed E-state index contributed by atoms with van der Waals surface area (Å²) >= 11 is 5.79. The summed E-state index contributed by atoms with van der Waals surface area (Å²) in [6.07, 6.45) is 0. The van der Waals surface area contributed by atoms with Gasteiger partial charge in [-0.05, 0) is 37.6 Å². The molecule has 0 atom stereocenters. The van der Waals surface area contributed by atoms with E-state index in [2.05, 4.69) is 10.5 Å². The SMILES string of the molecule is Cc1noc(C)c1CNCc1cc(F)cc(Cl)c1. The first-order valence-electron chi connectivity index (χ1n) is 5.63. The van der Waals surface area contributed by atoms with E-state index < -0.39 is 0 Å². The lowest BCUT2D eigenvalue weighted by Crippen LogP contribution is -2.13. The topological polar surface area (TPSA) is 38.1 Å². The normalized spacial score (nSPS) is 10.9. The first kappa shape index (κ1) is 13.1. The van der Waals surface area contributed by atoms with E-state index in [1.165, 1.54) is 12.1 Å². The van der Waals surface area contributed by atoms with Crippen LogP contribution < -0.4 is 5.32 Å². The van der Waals surface area contributed by atoms with E-state index in [-0.39, 0.29) is 5.82 Å². The molecule has 0 spiro atoms. The maximum absolute atomic E-state index is 13.1. The van der Waals surface area contributed by atoms with Crippen LogP contribution in [0.5, 0.6) is 0 Å². The molecule has 0 aliphatic heterocycles. The highest BCUT2D eigenvalue weighted by Gasteiger charge is 2.08. The number of hydrogen-bond donors (Lipinski definition) is 1. The van der Waals surface area contributed by atoms with Gasteiger partial charge in [0.25, 0.3) is 0 Å². The molecule has 2 aromatic rings. The zero-order valence-corrected chi connectivity index (χ0v) is 11.0. The first-order chi connectivity index (χ1) is 8.56. The number of aromatic nitrogens is 1. The van der Waals surface area contributed by atoms with Crippen molar-refractivity contribution < 1.29 is 8.91 Å². The van der Waals surface area contributed by atoms with Crippen LogP contribution in [-0.2, 0) is 13.1 Å². The van der Waals surface area contributed by atoms with E-state index in [1.54, 1.807) is 6.07 Å². The summed E-state index contributed by atoms with van der Waals surface area (Å²) in [5.41, 5.74) is 2.72. The number of halogens is 2. The van der Waals surface area contributed by atoms with Crippen molar-refractivity contribution in [1.29, 1.82) is 0 Å². The van der Waals surface area contributed by atoms with Gasteiger partial charge in [0.1, 0.15) is 11.6 Å². The molecule has 1 N–H and O–H groups in total. The second kappa shape index (κ2) is 5.50. The van der Waals surface area contributed by atoms with Gasteiger partial charge >= 0.3 is 0 Å². The average molecular weight is 269 g/mol. The summed E-state index contributed by atoms with van der Waals surface area (Å²) in [5.74, 6) is 0.480. The Morgan fingerprint density at radius 2 is 2.06 bits per heavy atom. The van der Waals surface area contributed by atoms with Gasteiger partial charge in [0, 0.05) is 23.7 Å². The molecule has 18 heavy (non-hydrogen) atoms. The molecule has 0 radical (unpaired) electrons. The van der Waals surface area contributed by atoms with Crippen molar-refractivity contribution in [3.05, 3.63) is 51.6 Å². The summed E-state index contributed by atoms with van der Waals surface area (Å²) in [5, 5.41) is 7.50. The van der Waals surface area contributed by atoms with E-state index in [4.69, 9.17) is 16.1 Å². The van der Waals surface area contributed by atoms with Crippen LogP contribution in [0, 0.1) is 19.7 Å². The second-order valence-electron chi connectivity index (χ2n) is 4.18. The highest BCUT2D eigenvalue weighted by atomic mass is 35.5. The summed E-state index contributed by atoms with van der Waals surface area (Å²) in [7, 11) is 0. The highest BCUT2D eigenvalue weighted by Crippen LogP contribution is 2.15. The lowest BCUT2D eigenvalue weighted by Gasteiger charge is -2.05. The smallest absolute Gasteiger partial charge is 0.138 e. The van der Waals surface area contributed by atoms with Gasteiger partial charge in [-0.1, -0.05) is 16.8 Å². The largest absolute Gasteiger partial charge is 0.361 e. The number of nitrogens with zero attached hydrogens (tertiary/aromatic N) is 1. The molecule has 0 aliphatic carbocycles. The minimum Gasteiger partial charge on any atom is -0.361 e. The van der Waals surface area contributed by atoms with Gasteiger partial charge in [-0.2, -0.15) is 0 Å². The maximum Gasteiger partial charge on any atom is 0.138 e. The molecule has 0 saturated carbocycles. The van der Waals surface area contributed by atoms with Crippen LogP contribution in [0.1, 0.15) is 22.6 Å². The van der Waals surface area contributed by atoms with Crippen molar-refractivity contribution in [1.82, 2.24) is 10.5 Å². The third-order valence-electron chi connectivity index (χ3n) is 2.73. The fourth-order valence-corrected chi connectivity index (χ4v) is 2.04. The van der Waals surface area contributed by atoms with E-state index >= 15 is 0 Å². The Balaban J connectivity index is 1.96. The lowest BCUT2D eigenvalue weighted by molar-refractivity contribution is 0.392. The predicted molar refractivity (Wildman–Crippen MR) is 67.9 cm³/mol. The molecule has 1 heterocycles. The molecule has 0 fully saturated rings. The zero-order chi connectivity index (χ0) is 13.1. The molecule has 0 saturated heterocycles. The Morgan fingerprint density at radius 1 is 1.28 bits per heavy atom. The van der Waals surface area contributed by atoms with E-state index in [9.17, 15) is 4.39 Å². The molecule has 96 valence electrons. The van der Waals surface area contributed by atoms with Crippen molar-refractivity contribution in [3.63, 3.8) is 0 Å². The second-order valence-corrected chi connectivity index (χ2v) is 4.62. The quantitative estimate of drug-likeness (QED) is 0.924. The zero-order valence-electron chi connectivity index (χ0n) is 10.3. The molecule has 2 rings (SSSR count). The molecule has 3 nitrogen and oxygen atoms in total. The van der Waals surface area contributed by atoms with Crippen LogP contribution in [0.2, 0.25) is 5.02 Å². The number of hydrogen-bond acceptors (Lipinski definition) is 3. The number of rotatable bonds is 4. The Kier molecular flexibility index (Phi) is 3.99. The first-order valence-corrected chi connectivity index (χ1v) is 6.01.